The van der Waals surface area contributed by atoms with Crippen LogP contribution < -0.4 is 0 Å². The van der Waals surface area contributed by atoms with Crippen LogP contribution in [0.25, 0.3) is 11.0 Å². The molecule has 0 saturated heterocycles. The highest BCUT2D eigenvalue weighted by atomic mass is 32.1. The highest BCUT2D eigenvalue weighted by Crippen LogP contribution is 2.19. The van der Waals surface area contributed by atoms with Gasteiger partial charge in [0.05, 0.1) is 18.6 Å². The molecule has 27 heavy (non-hydrogen) atoms. The van der Waals surface area contributed by atoms with Crippen molar-refractivity contribution in [1.82, 2.24) is 19.9 Å². The Morgan fingerprint density at radius 1 is 1.11 bits per heavy atom. The summed E-state index contributed by atoms with van der Waals surface area (Å²) in [4.78, 5) is 15.7. The molecule has 2 aromatic heterocycles. The van der Waals surface area contributed by atoms with Gasteiger partial charge < -0.3 is 4.90 Å². The summed E-state index contributed by atoms with van der Waals surface area (Å²) in [6, 6.07) is 17.7. The number of aryl methyl sites for hydroxylation is 1. The van der Waals surface area contributed by atoms with Crippen molar-refractivity contribution >= 4 is 28.3 Å². The van der Waals surface area contributed by atoms with Crippen LogP contribution in [0.2, 0.25) is 0 Å². The first-order valence-electron chi connectivity index (χ1n) is 8.77. The maximum Gasteiger partial charge on any atom is 0.253 e. The molecule has 0 bridgehead atoms. The van der Waals surface area contributed by atoms with E-state index in [-0.39, 0.29) is 5.91 Å². The van der Waals surface area contributed by atoms with Crippen molar-refractivity contribution < 1.29 is 4.79 Å². The number of benzene rings is 2. The molecule has 6 heteroatoms. The number of carbonyl (C=O) groups is 1. The van der Waals surface area contributed by atoms with Crippen LogP contribution in [0.15, 0.2) is 60.0 Å². The third-order valence-corrected chi connectivity index (χ3v) is 5.66. The van der Waals surface area contributed by atoms with Crippen LogP contribution in [0.1, 0.15) is 26.4 Å². The summed E-state index contributed by atoms with van der Waals surface area (Å²) >= 11 is 1.69. The molecule has 0 N–H and O–H groups in total. The van der Waals surface area contributed by atoms with E-state index in [9.17, 15) is 4.79 Å². The Labute approximate surface area is 161 Å². The Bertz CT molecular complexity index is 1080. The molecule has 0 spiro atoms. The highest BCUT2D eigenvalue weighted by molar-refractivity contribution is 7.10. The van der Waals surface area contributed by atoms with Crippen LogP contribution in [0.5, 0.6) is 0 Å². The van der Waals surface area contributed by atoms with Gasteiger partial charge >= 0.3 is 0 Å². The molecule has 0 aliphatic heterocycles. The van der Waals surface area contributed by atoms with Crippen molar-refractivity contribution in [2.24, 2.45) is 0 Å². The number of fused-ring (bicyclic) bond motifs is 1. The molecule has 0 radical (unpaired) electrons. The summed E-state index contributed by atoms with van der Waals surface area (Å²) in [5, 5.41) is 10.5. The molecular formula is C21H20N4OS. The minimum atomic E-state index is 0.0283. The second kappa shape index (κ2) is 7.32. The van der Waals surface area contributed by atoms with Crippen molar-refractivity contribution in [2.75, 3.05) is 7.05 Å². The first-order valence-corrected chi connectivity index (χ1v) is 9.65. The summed E-state index contributed by atoms with van der Waals surface area (Å²) in [5.41, 5.74) is 4.89. The van der Waals surface area contributed by atoms with Gasteiger partial charge in [-0.15, -0.1) is 16.4 Å². The largest absolute Gasteiger partial charge is 0.337 e. The maximum absolute atomic E-state index is 12.7. The first kappa shape index (κ1) is 17.4. The van der Waals surface area contributed by atoms with E-state index >= 15 is 0 Å². The van der Waals surface area contributed by atoms with Gasteiger partial charge in [0.25, 0.3) is 5.91 Å². The van der Waals surface area contributed by atoms with Gasteiger partial charge in [-0.2, -0.15) is 0 Å². The SMILES string of the molecule is Cc1ccsc1CN(C)C(=O)c1ccc(Cn2nnc3ccccc32)cc1. The Morgan fingerprint density at radius 3 is 2.63 bits per heavy atom. The van der Waals surface area contributed by atoms with Crippen molar-refractivity contribution in [2.45, 2.75) is 20.0 Å². The van der Waals surface area contributed by atoms with Crippen molar-refractivity contribution in [3.63, 3.8) is 0 Å². The summed E-state index contributed by atoms with van der Waals surface area (Å²) in [6.45, 7) is 3.33. The predicted octanol–water partition coefficient (Wildman–Crippen LogP) is 4.12. The lowest BCUT2D eigenvalue weighted by Crippen LogP contribution is -2.26. The monoisotopic (exact) mass is 376 g/mol. The highest BCUT2D eigenvalue weighted by Gasteiger charge is 2.14. The molecule has 136 valence electrons. The van der Waals surface area contributed by atoms with Crippen LogP contribution in [-0.2, 0) is 13.1 Å². The van der Waals surface area contributed by atoms with E-state index in [4.69, 9.17) is 0 Å². The zero-order valence-corrected chi connectivity index (χ0v) is 16.1. The molecule has 5 nitrogen and oxygen atoms in total. The molecular weight excluding hydrogens is 356 g/mol. The Balaban J connectivity index is 1.47. The lowest BCUT2D eigenvalue weighted by molar-refractivity contribution is 0.0786. The number of thiophene rings is 1. The van der Waals surface area contributed by atoms with E-state index in [0.717, 1.165) is 16.6 Å². The normalized spacial score (nSPS) is 11.0. The molecule has 1 amide bonds. The minimum Gasteiger partial charge on any atom is -0.337 e. The zero-order chi connectivity index (χ0) is 18.8. The Hall–Kier alpha value is -2.99. The molecule has 0 saturated carbocycles. The Kier molecular flexibility index (Phi) is 4.73. The van der Waals surface area contributed by atoms with E-state index in [1.54, 1.807) is 16.2 Å². The maximum atomic E-state index is 12.7. The molecule has 0 fully saturated rings. The van der Waals surface area contributed by atoms with Gasteiger partial charge in [0.1, 0.15) is 5.52 Å². The quantitative estimate of drug-likeness (QED) is 0.526. The molecule has 4 aromatic rings. The van der Waals surface area contributed by atoms with Gasteiger partial charge in [-0.25, -0.2) is 4.68 Å². The Morgan fingerprint density at radius 2 is 1.89 bits per heavy atom. The summed E-state index contributed by atoms with van der Waals surface area (Å²) < 4.78 is 1.87. The standard InChI is InChI=1S/C21H20N4OS/c1-15-11-12-27-20(15)14-24(2)21(26)17-9-7-16(8-10-17)13-25-19-6-4-3-5-18(19)22-23-25/h3-12H,13-14H2,1-2H3. The molecule has 0 unspecified atom stereocenters. The lowest BCUT2D eigenvalue weighted by atomic mass is 10.1. The number of rotatable bonds is 5. The second-order valence-corrected chi connectivity index (χ2v) is 7.62. The van der Waals surface area contributed by atoms with Gasteiger partial charge in [-0.1, -0.05) is 29.5 Å². The van der Waals surface area contributed by atoms with E-state index < -0.39 is 0 Å². The molecule has 0 aliphatic carbocycles. The van der Waals surface area contributed by atoms with Crippen LogP contribution in [0.3, 0.4) is 0 Å². The van der Waals surface area contributed by atoms with Crippen LogP contribution in [0, 0.1) is 6.92 Å². The van der Waals surface area contributed by atoms with E-state index in [0.29, 0.717) is 18.7 Å². The number of para-hydroxylation sites is 1. The van der Waals surface area contributed by atoms with Crippen LogP contribution >= 0.6 is 11.3 Å². The fourth-order valence-corrected chi connectivity index (χ4v) is 3.99. The van der Waals surface area contributed by atoms with Gasteiger partial charge in [0, 0.05) is 17.5 Å². The molecule has 4 rings (SSSR count). The smallest absolute Gasteiger partial charge is 0.253 e. The molecule has 2 heterocycles. The van der Waals surface area contributed by atoms with Gasteiger partial charge in [0.15, 0.2) is 0 Å². The second-order valence-electron chi connectivity index (χ2n) is 6.62. The fourth-order valence-electron chi connectivity index (χ4n) is 3.03. The van der Waals surface area contributed by atoms with Gasteiger partial charge in [0.2, 0.25) is 0 Å². The number of nitrogens with zero attached hydrogens (tertiary/aromatic N) is 4. The van der Waals surface area contributed by atoms with E-state index in [2.05, 4.69) is 28.7 Å². The first-order chi connectivity index (χ1) is 13.1. The van der Waals surface area contributed by atoms with E-state index in [1.807, 2.05) is 60.3 Å². The molecule has 0 atom stereocenters. The number of hydrogen-bond donors (Lipinski definition) is 0. The fraction of sp³-hybridized carbons (Fsp3) is 0.190. The van der Waals surface area contributed by atoms with E-state index in [1.165, 1.54) is 10.4 Å². The van der Waals surface area contributed by atoms with Crippen molar-refractivity contribution in [3.8, 4) is 0 Å². The average Bonchev–Trinajstić information content (AvgIpc) is 3.28. The molecule has 0 aliphatic rings. The topological polar surface area (TPSA) is 51.0 Å². The van der Waals surface area contributed by atoms with Gasteiger partial charge in [-0.05, 0) is 53.8 Å². The number of amides is 1. The lowest BCUT2D eigenvalue weighted by Gasteiger charge is -2.17. The minimum absolute atomic E-state index is 0.0283. The third-order valence-electron chi connectivity index (χ3n) is 4.65. The van der Waals surface area contributed by atoms with Gasteiger partial charge in [-0.3, -0.25) is 4.79 Å². The van der Waals surface area contributed by atoms with Crippen molar-refractivity contribution in [1.29, 1.82) is 0 Å². The van der Waals surface area contributed by atoms with Crippen LogP contribution in [0.4, 0.5) is 0 Å². The summed E-state index contributed by atoms with van der Waals surface area (Å²) in [5.74, 6) is 0.0283. The number of aromatic nitrogens is 3. The molecule has 2 aromatic carbocycles. The summed E-state index contributed by atoms with van der Waals surface area (Å²) in [6.07, 6.45) is 0. The van der Waals surface area contributed by atoms with Crippen LogP contribution in [-0.4, -0.2) is 32.8 Å². The summed E-state index contributed by atoms with van der Waals surface area (Å²) in [7, 11) is 1.84. The van der Waals surface area contributed by atoms with Crippen molar-refractivity contribution in [3.05, 3.63) is 81.5 Å². The number of carbonyl (C=O) groups excluding carboxylic acids is 1. The zero-order valence-electron chi connectivity index (χ0n) is 15.3. The number of hydrogen-bond acceptors (Lipinski definition) is 4. The third kappa shape index (κ3) is 3.61. The average molecular weight is 376 g/mol. The predicted molar refractivity (Wildman–Crippen MR) is 108 cm³/mol.